The van der Waals surface area contributed by atoms with Crippen LogP contribution in [0.4, 0.5) is 0 Å². The summed E-state index contributed by atoms with van der Waals surface area (Å²) in [5, 5.41) is 7.72. The van der Waals surface area contributed by atoms with Gasteiger partial charge >= 0.3 is 0 Å². The van der Waals surface area contributed by atoms with E-state index in [0.29, 0.717) is 26.3 Å². The molecule has 1 N–H and O–H groups in total. The second-order valence-corrected chi connectivity index (χ2v) is 6.86. The van der Waals surface area contributed by atoms with Gasteiger partial charge in [0.15, 0.2) is 17.5 Å². The van der Waals surface area contributed by atoms with Crippen molar-refractivity contribution in [2.24, 2.45) is 4.99 Å². The Kier molecular flexibility index (Phi) is 7.56. The summed E-state index contributed by atoms with van der Waals surface area (Å²) in [4.78, 5) is 6.50. The first-order valence-corrected chi connectivity index (χ1v) is 9.62. The van der Waals surface area contributed by atoms with Gasteiger partial charge in [-0.15, -0.1) is 24.0 Å². The lowest BCUT2D eigenvalue weighted by Gasteiger charge is -2.24. The van der Waals surface area contributed by atoms with Crippen molar-refractivity contribution < 1.29 is 9.47 Å². The zero-order valence-corrected chi connectivity index (χ0v) is 19.4. The van der Waals surface area contributed by atoms with Crippen LogP contribution in [0.1, 0.15) is 11.1 Å². The fourth-order valence-corrected chi connectivity index (χ4v) is 3.33. The van der Waals surface area contributed by atoms with E-state index in [1.54, 1.807) is 13.2 Å². The highest BCUT2D eigenvalue weighted by atomic mass is 127. The predicted molar refractivity (Wildman–Crippen MR) is 128 cm³/mol. The first-order chi connectivity index (χ1) is 14.2. The standard InChI is InChI=1S/C22H25N5O2.HI/c1-23-22(24-15-17-5-3-6-19(13-17)27-10-4-9-25-27)26(2)16-18-7-8-20-21(14-18)29-12-11-28-20;/h3-10,13-14H,11-12,15-16H2,1-2H3,(H,23,24);1H. The summed E-state index contributed by atoms with van der Waals surface area (Å²) in [6, 6.07) is 16.3. The molecule has 0 unspecified atom stereocenters. The Labute approximate surface area is 193 Å². The highest BCUT2D eigenvalue weighted by Gasteiger charge is 2.13. The summed E-state index contributed by atoms with van der Waals surface area (Å²) in [6.07, 6.45) is 3.71. The fraction of sp³-hybridized carbons (Fsp3) is 0.273. The van der Waals surface area contributed by atoms with Gasteiger partial charge in [0.25, 0.3) is 0 Å². The van der Waals surface area contributed by atoms with Gasteiger partial charge in [-0.3, -0.25) is 4.99 Å². The molecule has 0 radical (unpaired) electrons. The maximum absolute atomic E-state index is 5.68. The smallest absolute Gasteiger partial charge is 0.193 e. The van der Waals surface area contributed by atoms with Crippen LogP contribution in [-0.4, -0.2) is 47.9 Å². The second kappa shape index (κ2) is 10.3. The van der Waals surface area contributed by atoms with Crippen LogP contribution in [0, 0.1) is 0 Å². The van der Waals surface area contributed by atoms with Crippen molar-refractivity contribution in [3.05, 3.63) is 72.1 Å². The maximum Gasteiger partial charge on any atom is 0.193 e. The normalized spacial score (nSPS) is 12.8. The number of nitrogens with zero attached hydrogens (tertiary/aromatic N) is 4. The summed E-state index contributed by atoms with van der Waals surface area (Å²) in [5.41, 5.74) is 3.33. The largest absolute Gasteiger partial charge is 0.486 e. The molecule has 0 aliphatic carbocycles. The highest BCUT2D eigenvalue weighted by Crippen LogP contribution is 2.31. The molecule has 0 spiro atoms. The third kappa shape index (κ3) is 5.24. The summed E-state index contributed by atoms with van der Waals surface area (Å²) in [5.74, 6) is 2.44. The van der Waals surface area contributed by atoms with Crippen molar-refractivity contribution in [3.8, 4) is 17.2 Å². The van der Waals surface area contributed by atoms with Gasteiger partial charge in [0.05, 0.1) is 5.69 Å². The van der Waals surface area contributed by atoms with Gasteiger partial charge < -0.3 is 19.7 Å². The Morgan fingerprint density at radius 3 is 2.70 bits per heavy atom. The van der Waals surface area contributed by atoms with Crippen molar-refractivity contribution in [2.75, 3.05) is 27.3 Å². The number of fused-ring (bicyclic) bond motifs is 1. The SMILES string of the molecule is CN=C(NCc1cccc(-n2cccn2)c1)N(C)Cc1ccc2c(c1)OCCO2.I. The Morgan fingerprint density at radius 2 is 1.93 bits per heavy atom. The third-order valence-electron chi connectivity index (χ3n) is 4.73. The molecular formula is C22H26IN5O2. The van der Waals surface area contributed by atoms with E-state index in [9.17, 15) is 0 Å². The number of ether oxygens (including phenoxy) is 2. The van der Waals surface area contributed by atoms with E-state index < -0.39 is 0 Å². The Bertz CT molecular complexity index is 991. The number of hydrogen-bond acceptors (Lipinski definition) is 4. The van der Waals surface area contributed by atoms with E-state index in [-0.39, 0.29) is 24.0 Å². The molecule has 1 aliphatic rings. The lowest BCUT2D eigenvalue weighted by atomic mass is 10.2. The third-order valence-corrected chi connectivity index (χ3v) is 4.73. The fourth-order valence-electron chi connectivity index (χ4n) is 3.33. The molecular weight excluding hydrogens is 493 g/mol. The number of benzene rings is 2. The summed E-state index contributed by atoms with van der Waals surface area (Å²) in [7, 11) is 3.81. The molecule has 0 amide bonds. The summed E-state index contributed by atoms with van der Waals surface area (Å²) < 4.78 is 13.1. The number of aromatic nitrogens is 2. The molecule has 4 rings (SSSR count). The van der Waals surface area contributed by atoms with Crippen molar-refractivity contribution in [1.29, 1.82) is 0 Å². The quantitative estimate of drug-likeness (QED) is 0.318. The van der Waals surface area contributed by atoms with Gasteiger partial charge in [-0.05, 0) is 41.5 Å². The van der Waals surface area contributed by atoms with Crippen molar-refractivity contribution in [1.82, 2.24) is 20.0 Å². The molecule has 1 aromatic heterocycles. The van der Waals surface area contributed by atoms with Crippen LogP contribution in [0.5, 0.6) is 11.5 Å². The minimum atomic E-state index is 0. The molecule has 1 aliphatic heterocycles. The molecule has 0 saturated heterocycles. The van der Waals surface area contributed by atoms with Gasteiger partial charge in [-0.25, -0.2) is 4.68 Å². The van der Waals surface area contributed by atoms with Gasteiger partial charge in [0.2, 0.25) is 0 Å². The Hall–Kier alpha value is -2.75. The average Bonchev–Trinajstić information content (AvgIpc) is 3.29. The van der Waals surface area contributed by atoms with E-state index in [4.69, 9.17) is 9.47 Å². The number of hydrogen-bond donors (Lipinski definition) is 1. The van der Waals surface area contributed by atoms with E-state index in [1.165, 1.54) is 0 Å². The summed E-state index contributed by atoms with van der Waals surface area (Å²) >= 11 is 0. The molecule has 0 fully saturated rings. The van der Waals surface area contributed by atoms with E-state index in [1.807, 2.05) is 48.3 Å². The minimum absolute atomic E-state index is 0. The van der Waals surface area contributed by atoms with Crippen LogP contribution in [-0.2, 0) is 13.1 Å². The molecule has 0 bridgehead atoms. The van der Waals surface area contributed by atoms with E-state index in [0.717, 1.165) is 34.3 Å². The predicted octanol–water partition coefficient (Wildman–Crippen LogP) is 3.47. The van der Waals surface area contributed by atoms with Gasteiger partial charge in [0, 0.05) is 39.6 Å². The van der Waals surface area contributed by atoms with Crippen LogP contribution >= 0.6 is 24.0 Å². The Morgan fingerprint density at radius 1 is 1.10 bits per heavy atom. The van der Waals surface area contributed by atoms with Crippen LogP contribution in [0.2, 0.25) is 0 Å². The van der Waals surface area contributed by atoms with E-state index >= 15 is 0 Å². The van der Waals surface area contributed by atoms with E-state index in [2.05, 4.69) is 38.5 Å². The lowest BCUT2D eigenvalue weighted by molar-refractivity contribution is 0.171. The van der Waals surface area contributed by atoms with Gasteiger partial charge in [0.1, 0.15) is 13.2 Å². The average molecular weight is 519 g/mol. The number of rotatable bonds is 5. The van der Waals surface area contributed by atoms with Crippen LogP contribution in [0.3, 0.4) is 0 Å². The number of nitrogens with one attached hydrogen (secondary N) is 1. The van der Waals surface area contributed by atoms with Gasteiger partial charge in [-0.1, -0.05) is 18.2 Å². The minimum Gasteiger partial charge on any atom is -0.486 e. The zero-order valence-electron chi connectivity index (χ0n) is 17.1. The number of aliphatic imine (C=N–C) groups is 1. The second-order valence-electron chi connectivity index (χ2n) is 6.86. The molecule has 158 valence electrons. The monoisotopic (exact) mass is 519 g/mol. The molecule has 7 nitrogen and oxygen atoms in total. The number of guanidine groups is 1. The van der Waals surface area contributed by atoms with Gasteiger partial charge in [-0.2, -0.15) is 5.10 Å². The van der Waals surface area contributed by atoms with Crippen LogP contribution in [0.25, 0.3) is 5.69 Å². The lowest BCUT2D eigenvalue weighted by Crippen LogP contribution is -2.38. The van der Waals surface area contributed by atoms with Crippen LogP contribution in [0.15, 0.2) is 65.9 Å². The molecule has 2 aromatic carbocycles. The Balaban J connectivity index is 0.00000256. The van der Waals surface area contributed by atoms with Crippen molar-refractivity contribution in [2.45, 2.75) is 13.1 Å². The molecule has 3 aromatic rings. The highest BCUT2D eigenvalue weighted by molar-refractivity contribution is 14.0. The van der Waals surface area contributed by atoms with Crippen LogP contribution < -0.4 is 14.8 Å². The first kappa shape index (κ1) is 21.9. The number of halogens is 1. The molecule has 0 saturated carbocycles. The molecule has 8 heteroatoms. The molecule has 30 heavy (non-hydrogen) atoms. The maximum atomic E-state index is 5.68. The van der Waals surface area contributed by atoms with Crippen molar-refractivity contribution >= 4 is 29.9 Å². The first-order valence-electron chi connectivity index (χ1n) is 9.62. The molecule has 2 heterocycles. The molecule has 0 atom stereocenters. The van der Waals surface area contributed by atoms with Crippen molar-refractivity contribution in [3.63, 3.8) is 0 Å². The topological polar surface area (TPSA) is 63.9 Å². The zero-order chi connectivity index (χ0) is 20.1. The summed E-state index contributed by atoms with van der Waals surface area (Å²) in [6.45, 7) is 2.58.